The summed E-state index contributed by atoms with van der Waals surface area (Å²) in [6, 6.07) is -0.507. The van der Waals surface area contributed by atoms with Gasteiger partial charge in [0.15, 0.2) is 6.67 Å². The summed E-state index contributed by atoms with van der Waals surface area (Å²) in [6.07, 6.45) is 3.76. The van der Waals surface area contributed by atoms with E-state index in [9.17, 15) is 4.79 Å². The van der Waals surface area contributed by atoms with Crippen LogP contribution in [0.5, 0.6) is 0 Å². The fourth-order valence-corrected chi connectivity index (χ4v) is 1.14. The summed E-state index contributed by atoms with van der Waals surface area (Å²) in [5.41, 5.74) is 7.58. The van der Waals surface area contributed by atoms with Gasteiger partial charge in [0, 0.05) is 7.05 Å². The van der Waals surface area contributed by atoms with Gasteiger partial charge in [-0.2, -0.15) is 10.0 Å². The number of nitrogens with zero attached hydrogens (tertiary/aromatic N) is 2. The quantitative estimate of drug-likeness (QED) is 0.499. The van der Waals surface area contributed by atoms with Crippen molar-refractivity contribution in [2.75, 3.05) is 20.8 Å². The summed E-state index contributed by atoms with van der Waals surface area (Å²) in [5.74, 6) is 0. The topological polar surface area (TPSA) is 58.4 Å². The van der Waals surface area contributed by atoms with Gasteiger partial charge in [0.1, 0.15) is 6.20 Å². The first-order valence-electron chi connectivity index (χ1n) is 3.34. The van der Waals surface area contributed by atoms with Crippen LogP contribution in [0.15, 0.2) is 12.4 Å². The first kappa shape index (κ1) is 7.87. The molecule has 2 amide bonds. The summed E-state index contributed by atoms with van der Waals surface area (Å²) >= 11 is 0. The van der Waals surface area contributed by atoms with Crippen molar-refractivity contribution in [2.45, 2.75) is 0 Å². The fourth-order valence-electron chi connectivity index (χ4n) is 1.14. The van der Waals surface area contributed by atoms with Gasteiger partial charge in [-0.1, -0.05) is 0 Å². The maximum absolute atomic E-state index is 10.5. The molecule has 0 aliphatic carbocycles. The lowest BCUT2D eigenvalue weighted by Crippen LogP contribution is -2.55. The maximum atomic E-state index is 10.5. The maximum Gasteiger partial charge on any atom is 0.356 e. The fraction of sp³-hybridized carbons (Fsp3) is 0.500. The van der Waals surface area contributed by atoms with Crippen LogP contribution in [0.4, 0.5) is 4.79 Å². The molecule has 0 bridgehead atoms. The van der Waals surface area contributed by atoms with Crippen molar-refractivity contribution in [3.05, 3.63) is 12.4 Å². The highest BCUT2D eigenvalue weighted by molar-refractivity contribution is 5.70. The number of nitrogens with two attached hydrogens (primary N) is 1. The Balaban J connectivity index is 2.56. The Hall–Kier alpha value is -1.23. The molecule has 0 aromatic heterocycles. The Labute approximate surface area is 65.6 Å². The van der Waals surface area contributed by atoms with Crippen LogP contribution in [0, 0.1) is 0 Å². The second kappa shape index (κ2) is 2.43. The van der Waals surface area contributed by atoms with Crippen LogP contribution in [0.25, 0.3) is 0 Å². The molecule has 62 valence electrons. The van der Waals surface area contributed by atoms with E-state index in [1.165, 1.54) is 0 Å². The number of carbonyl (C=O) groups excluding carboxylic acids is 1. The Morgan fingerprint density at radius 3 is 2.82 bits per heavy atom. The van der Waals surface area contributed by atoms with Gasteiger partial charge in [0.25, 0.3) is 0 Å². The second-order valence-electron chi connectivity index (χ2n) is 2.94. The highest BCUT2D eigenvalue weighted by Gasteiger charge is 2.26. The van der Waals surface area contributed by atoms with E-state index in [0.717, 1.165) is 0 Å². The molecular weight excluding hydrogens is 144 g/mol. The van der Waals surface area contributed by atoms with Crippen LogP contribution in [0.1, 0.15) is 0 Å². The number of hydrogen-bond acceptors (Lipinski definition) is 2. The minimum Gasteiger partial charge on any atom is -0.348 e. The monoisotopic (exact) mass is 157 g/mol. The molecule has 0 fully saturated rings. The standard InChI is InChI=1S/C6H12N4O/c1-9-3-4-10(2,5-9)8-6(7)11/h3-4H,5H2,1-2H3,(H2-,7,8,11)/p+1. The van der Waals surface area contributed by atoms with Crippen LogP contribution in [0.2, 0.25) is 0 Å². The average molecular weight is 157 g/mol. The highest BCUT2D eigenvalue weighted by atomic mass is 16.2. The molecule has 1 rings (SSSR count). The summed E-state index contributed by atoms with van der Waals surface area (Å²) < 4.78 is 0.339. The van der Waals surface area contributed by atoms with Crippen LogP contribution >= 0.6 is 0 Å². The highest BCUT2D eigenvalue weighted by Crippen LogP contribution is 2.08. The molecule has 0 radical (unpaired) electrons. The minimum atomic E-state index is -0.507. The number of carbonyl (C=O) groups is 1. The average Bonchev–Trinajstić information content (AvgIpc) is 2.08. The van der Waals surface area contributed by atoms with E-state index in [4.69, 9.17) is 5.73 Å². The number of primary amides is 1. The van der Waals surface area contributed by atoms with Crippen LogP contribution < -0.4 is 11.2 Å². The van der Waals surface area contributed by atoms with E-state index in [2.05, 4.69) is 5.43 Å². The Bertz CT molecular complexity index is 203. The largest absolute Gasteiger partial charge is 0.356 e. The van der Waals surface area contributed by atoms with E-state index in [0.29, 0.717) is 11.3 Å². The molecule has 1 aliphatic heterocycles. The van der Waals surface area contributed by atoms with Crippen molar-refractivity contribution in [3.63, 3.8) is 0 Å². The van der Waals surface area contributed by atoms with Gasteiger partial charge in [-0.3, -0.25) is 0 Å². The van der Waals surface area contributed by atoms with Gasteiger partial charge in [-0.25, -0.2) is 4.79 Å². The van der Waals surface area contributed by atoms with Crippen molar-refractivity contribution < 1.29 is 9.39 Å². The first-order chi connectivity index (χ1) is 5.02. The summed E-state index contributed by atoms with van der Waals surface area (Å²) in [6.45, 7) is 0.711. The third-order valence-electron chi connectivity index (χ3n) is 1.53. The zero-order valence-corrected chi connectivity index (χ0v) is 6.74. The third kappa shape index (κ3) is 1.84. The lowest BCUT2D eigenvalue weighted by atomic mass is 10.8. The molecule has 0 saturated heterocycles. The van der Waals surface area contributed by atoms with E-state index >= 15 is 0 Å². The Morgan fingerprint density at radius 2 is 2.45 bits per heavy atom. The van der Waals surface area contributed by atoms with E-state index in [1.807, 2.05) is 31.4 Å². The predicted octanol–water partition coefficient (Wildman–Crippen LogP) is -0.610. The van der Waals surface area contributed by atoms with Crippen molar-refractivity contribution in [1.82, 2.24) is 10.3 Å². The molecule has 0 saturated carbocycles. The molecule has 5 nitrogen and oxygen atoms in total. The van der Waals surface area contributed by atoms with Crippen molar-refractivity contribution in [1.29, 1.82) is 0 Å². The van der Waals surface area contributed by atoms with Crippen LogP contribution in [0.3, 0.4) is 0 Å². The van der Waals surface area contributed by atoms with Gasteiger partial charge in [-0.15, -0.1) is 0 Å². The van der Waals surface area contributed by atoms with E-state index < -0.39 is 6.03 Å². The SMILES string of the molecule is CN1C=C[N+](C)(NC(N)=O)C1. The van der Waals surface area contributed by atoms with E-state index in [-0.39, 0.29) is 0 Å². The molecule has 5 heteroatoms. The summed E-state index contributed by atoms with van der Waals surface area (Å²) in [5, 5.41) is 0. The molecule has 0 aromatic carbocycles. The lowest BCUT2D eigenvalue weighted by molar-refractivity contribution is -0.896. The molecule has 3 N–H and O–H groups in total. The van der Waals surface area contributed by atoms with Crippen LogP contribution in [-0.4, -0.2) is 36.3 Å². The zero-order valence-electron chi connectivity index (χ0n) is 6.74. The first-order valence-corrected chi connectivity index (χ1v) is 3.34. The molecule has 0 aromatic rings. The zero-order chi connectivity index (χ0) is 8.48. The molecule has 1 heterocycles. The Morgan fingerprint density at radius 1 is 1.82 bits per heavy atom. The van der Waals surface area contributed by atoms with Crippen molar-refractivity contribution in [3.8, 4) is 0 Å². The second-order valence-corrected chi connectivity index (χ2v) is 2.94. The van der Waals surface area contributed by atoms with Crippen LogP contribution in [-0.2, 0) is 0 Å². The number of amides is 2. The predicted molar refractivity (Wildman–Crippen MR) is 40.7 cm³/mol. The van der Waals surface area contributed by atoms with Gasteiger partial charge in [0.05, 0.1) is 13.2 Å². The molecule has 0 spiro atoms. The van der Waals surface area contributed by atoms with Gasteiger partial charge >= 0.3 is 6.03 Å². The number of urea groups is 1. The number of nitrogens with one attached hydrogen (secondary N) is 1. The van der Waals surface area contributed by atoms with Gasteiger partial charge < -0.3 is 10.6 Å². The smallest absolute Gasteiger partial charge is 0.348 e. The molecule has 1 atom stereocenters. The summed E-state index contributed by atoms with van der Waals surface area (Å²) in [4.78, 5) is 12.5. The van der Waals surface area contributed by atoms with Gasteiger partial charge in [-0.05, 0) is 0 Å². The molecular formula is C6H13N4O+. The molecule has 1 unspecified atom stereocenters. The molecule has 1 aliphatic rings. The Kier molecular flexibility index (Phi) is 1.74. The number of hydrogen-bond donors (Lipinski definition) is 2. The molecule has 11 heavy (non-hydrogen) atoms. The lowest BCUT2D eigenvalue weighted by Gasteiger charge is -2.25. The minimum absolute atomic E-state index is 0.339. The number of quaternary nitrogens is 1. The number of rotatable bonds is 1. The normalized spacial score (nSPS) is 29.1. The van der Waals surface area contributed by atoms with Crippen molar-refractivity contribution in [2.24, 2.45) is 5.73 Å². The van der Waals surface area contributed by atoms with Gasteiger partial charge in [0.2, 0.25) is 0 Å². The van der Waals surface area contributed by atoms with E-state index in [1.54, 1.807) is 0 Å². The van der Waals surface area contributed by atoms with Crippen molar-refractivity contribution >= 4 is 6.03 Å². The third-order valence-corrected chi connectivity index (χ3v) is 1.53. The summed E-state index contributed by atoms with van der Waals surface area (Å²) in [7, 11) is 3.80.